The molecule has 0 aromatic heterocycles. The van der Waals surface area contributed by atoms with Crippen molar-refractivity contribution in [1.82, 2.24) is 0 Å². The molecule has 0 amide bonds. The van der Waals surface area contributed by atoms with Gasteiger partial charge in [-0.1, -0.05) is 0 Å². The lowest BCUT2D eigenvalue weighted by atomic mass is 10.3. The predicted octanol–water partition coefficient (Wildman–Crippen LogP) is 4.09. The lowest BCUT2D eigenvalue weighted by Crippen LogP contribution is -1.82. The van der Waals surface area contributed by atoms with E-state index in [1.807, 2.05) is 23.9 Å². The van der Waals surface area contributed by atoms with E-state index in [1.54, 1.807) is 0 Å². The molecule has 1 aliphatic carbocycles. The van der Waals surface area contributed by atoms with E-state index in [0.29, 0.717) is 4.47 Å². The van der Waals surface area contributed by atoms with Crippen LogP contribution < -0.4 is 0 Å². The quantitative estimate of drug-likeness (QED) is 0.738. The van der Waals surface area contributed by atoms with Gasteiger partial charge in [-0.25, -0.2) is 4.39 Å². The molecule has 1 aromatic carbocycles. The number of benzene rings is 1. The molecule has 0 nitrogen and oxygen atoms in total. The molecule has 0 bridgehead atoms. The lowest BCUT2D eigenvalue weighted by Gasteiger charge is -2.01. The summed E-state index contributed by atoms with van der Waals surface area (Å²) < 4.78 is 13.4. The summed E-state index contributed by atoms with van der Waals surface area (Å²) in [6, 6.07) is 5.20. The predicted molar refractivity (Wildman–Crippen MR) is 57.5 cm³/mol. The van der Waals surface area contributed by atoms with Gasteiger partial charge in [0.1, 0.15) is 5.82 Å². The second-order valence-corrected chi connectivity index (χ2v) is 5.28. The first-order valence-electron chi connectivity index (χ1n) is 4.33. The molecule has 1 fully saturated rings. The minimum Gasteiger partial charge on any atom is -0.206 e. The molecule has 0 spiro atoms. The maximum atomic E-state index is 12.9. The molecule has 1 aromatic rings. The molecule has 0 heterocycles. The van der Waals surface area contributed by atoms with Gasteiger partial charge in [0.15, 0.2) is 0 Å². The lowest BCUT2D eigenvalue weighted by molar-refractivity contribution is 0.619. The first kappa shape index (κ1) is 9.53. The molecule has 3 heteroatoms. The normalized spacial score (nSPS) is 16.2. The number of halogens is 2. The van der Waals surface area contributed by atoms with Gasteiger partial charge in [-0.15, -0.1) is 11.8 Å². The zero-order chi connectivity index (χ0) is 9.26. The van der Waals surface area contributed by atoms with Crippen LogP contribution in [0, 0.1) is 11.7 Å². The minimum absolute atomic E-state index is 0.184. The van der Waals surface area contributed by atoms with E-state index >= 15 is 0 Å². The van der Waals surface area contributed by atoms with Gasteiger partial charge in [-0.3, -0.25) is 0 Å². The van der Waals surface area contributed by atoms with Crippen molar-refractivity contribution in [2.45, 2.75) is 17.7 Å². The molecular formula is C10H10BrFS. The minimum atomic E-state index is -0.184. The number of thioether (sulfide) groups is 1. The highest BCUT2D eigenvalue weighted by molar-refractivity contribution is 9.10. The fraction of sp³-hybridized carbons (Fsp3) is 0.400. The SMILES string of the molecule is Fc1ccc(SCC2CC2)cc1Br. The molecule has 0 N–H and O–H groups in total. The topological polar surface area (TPSA) is 0 Å². The zero-order valence-corrected chi connectivity index (χ0v) is 9.50. The van der Waals surface area contributed by atoms with Crippen LogP contribution in [-0.4, -0.2) is 5.75 Å². The average Bonchev–Trinajstić information content (AvgIpc) is 2.91. The second kappa shape index (κ2) is 4.01. The summed E-state index contributed by atoms with van der Waals surface area (Å²) in [5.41, 5.74) is 0. The summed E-state index contributed by atoms with van der Waals surface area (Å²) in [6.45, 7) is 0. The summed E-state index contributed by atoms with van der Waals surface area (Å²) in [4.78, 5) is 1.15. The van der Waals surface area contributed by atoms with Crippen molar-refractivity contribution in [2.24, 2.45) is 5.92 Å². The standard InChI is InChI=1S/C10H10BrFS/c11-9-5-8(3-4-10(9)12)13-6-7-1-2-7/h3-5,7H,1-2,6H2. The van der Waals surface area contributed by atoms with E-state index in [0.717, 1.165) is 10.8 Å². The van der Waals surface area contributed by atoms with Crippen molar-refractivity contribution in [2.75, 3.05) is 5.75 Å². The van der Waals surface area contributed by atoms with Crippen molar-refractivity contribution >= 4 is 27.7 Å². The van der Waals surface area contributed by atoms with Gasteiger partial charge < -0.3 is 0 Å². The highest BCUT2D eigenvalue weighted by Gasteiger charge is 2.21. The van der Waals surface area contributed by atoms with Crippen LogP contribution in [0.15, 0.2) is 27.6 Å². The Kier molecular flexibility index (Phi) is 2.94. The first-order valence-corrected chi connectivity index (χ1v) is 6.11. The number of hydrogen-bond donors (Lipinski definition) is 0. The smallest absolute Gasteiger partial charge is 0.137 e. The Morgan fingerprint density at radius 1 is 1.46 bits per heavy atom. The van der Waals surface area contributed by atoms with E-state index in [1.165, 1.54) is 24.7 Å². The fourth-order valence-electron chi connectivity index (χ4n) is 1.07. The maximum absolute atomic E-state index is 12.9. The summed E-state index contributed by atoms with van der Waals surface area (Å²) >= 11 is 5.00. The fourth-order valence-corrected chi connectivity index (χ4v) is 2.72. The molecule has 0 unspecified atom stereocenters. The molecule has 1 saturated carbocycles. The molecule has 0 radical (unpaired) electrons. The van der Waals surface area contributed by atoms with Crippen LogP contribution in [0.3, 0.4) is 0 Å². The van der Waals surface area contributed by atoms with Gasteiger partial charge in [0, 0.05) is 10.6 Å². The zero-order valence-electron chi connectivity index (χ0n) is 7.09. The van der Waals surface area contributed by atoms with Gasteiger partial charge >= 0.3 is 0 Å². The monoisotopic (exact) mass is 260 g/mol. The van der Waals surface area contributed by atoms with Crippen molar-refractivity contribution in [3.05, 3.63) is 28.5 Å². The molecule has 2 rings (SSSR count). The van der Waals surface area contributed by atoms with Crippen LogP contribution in [0.4, 0.5) is 4.39 Å². The first-order chi connectivity index (χ1) is 6.25. The Balaban J connectivity index is 1.98. The molecule has 1 aliphatic rings. The average molecular weight is 261 g/mol. The summed E-state index contributed by atoms with van der Waals surface area (Å²) in [5.74, 6) is 1.91. The maximum Gasteiger partial charge on any atom is 0.137 e. The Morgan fingerprint density at radius 3 is 2.85 bits per heavy atom. The number of rotatable bonds is 3. The highest BCUT2D eigenvalue weighted by atomic mass is 79.9. The van der Waals surface area contributed by atoms with Gasteiger partial charge in [-0.2, -0.15) is 0 Å². The van der Waals surface area contributed by atoms with Crippen molar-refractivity contribution < 1.29 is 4.39 Å². The van der Waals surface area contributed by atoms with Gasteiger partial charge in [0.05, 0.1) is 4.47 Å². The number of hydrogen-bond acceptors (Lipinski definition) is 1. The van der Waals surface area contributed by atoms with Gasteiger partial charge in [0.25, 0.3) is 0 Å². The molecule has 0 aliphatic heterocycles. The Hall–Kier alpha value is -0.0200. The molecule has 70 valence electrons. The van der Waals surface area contributed by atoms with E-state index in [-0.39, 0.29) is 5.82 Å². The molecule has 13 heavy (non-hydrogen) atoms. The third kappa shape index (κ3) is 2.71. The summed E-state index contributed by atoms with van der Waals surface area (Å²) in [7, 11) is 0. The molecule has 0 atom stereocenters. The van der Waals surface area contributed by atoms with Crippen LogP contribution in [0.5, 0.6) is 0 Å². The third-order valence-electron chi connectivity index (χ3n) is 2.07. The van der Waals surface area contributed by atoms with Crippen molar-refractivity contribution in [3.8, 4) is 0 Å². The van der Waals surface area contributed by atoms with Crippen molar-refractivity contribution in [3.63, 3.8) is 0 Å². The molecule has 0 saturated heterocycles. The summed E-state index contributed by atoms with van der Waals surface area (Å²) in [6.07, 6.45) is 2.74. The van der Waals surface area contributed by atoms with E-state index < -0.39 is 0 Å². The van der Waals surface area contributed by atoms with Crippen LogP contribution in [-0.2, 0) is 0 Å². The molecular weight excluding hydrogens is 251 g/mol. The van der Waals surface area contributed by atoms with Crippen LogP contribution in [0.25, 0.3) is 0 Å². The van der Waals surface area contributed by atoms with Crippen molar-refractivity contribution in [1.29, 1.82) is 0 Å². The Bertz CT molecular complexity index is 310. The Labute approximate surface area is 90.0 Å². The van der Waals surface area contributed by atoms with E-state index in [9.17, 15) is 4.39 Å². The van der Waals surface area contributed by atoms with Crippen LogP contribution in [0.2, 0.25) is 0 Å². The van der Waals surface area contributed by atoms with Crippen LogP contribution >= 0.6 is 27.7 Å². The van der Waals surface area contributed by atoms with E-state index in [2.05, 4.69) is 15.9 Å². The third-order valence-corrected chi connectivity index (χ3v) is 3.91. The van der Waals surface area contributed by atoms with Gasteiger partial charge in [0.2, 0.25) is 0 Å². The highest BCUT2D eigenvalue weighted by Crippen LogP contribution is 2.35. The largest absolute Gasteiger partial charge is 0.206 e. The van der Waals surface area contributed by atoms with Gasteiger partial charge in [-0.05, 0) is 52.9 Å². The van der Waals surface area contributed by atoms with Crippen LogP contribution in [0.1, 0.15) is 12.8 Å². The Morgan fingerprint density at radius 2 is 2.23 bits per heavy atom. The second-order valence-electron chi connectivity index (χ2n) is 3.33. The summed E-state index contributed by atoms with van der Waals surface area (Å²) in [5, 5.41) is 0. The van der Waals surface area contributed by atoms with E-state index in [4.69, 9.17) is 0 Å².